The number of methoxy groups -OCH3 is 1. The van der Waals surface area contributed by atoms with Gasteiger partial charge in [0.2, 0.25) is 10.0 Å². The van der Waals surface area contributed by atoms with E-state index >= 15 is 0 Å². The molecule has 3 aromatic rings. The Morgan fingerprint density at radius 2 is 1.70 bits per heavy atom. The van der Waals surface area contributed by atoms with E-state index in [1.54, 1.807) is 48.5 Å². The van der Waals surface area contributed by atoms with E-state index in [2.05, 4.69) is 15.4 Å². The van der Waals surface area contributed by atoms with Gasteiger partial charge in [0.05, 0.1) is 46.1 Å². The number of carbonyl (C=O) groups excluding carboxylic acids is 1. The molecule has 3 N–H and O–H groups in total. The van der Waals surface area contributed by atoms with Crippen LogP contribution >= 0.6 is 0 Å². The molecule has 12 heteroatoms. The highest BCUT2D eigenvalue weighted by Gasteiger charge is 2.22. The van der Waals surface area contributed by atoms with Crippen molar-refractivity contribution in [3.63, 3.8) is 0 Å². The molecular formula is C25H27N5O6S. The van der Waals surface area contributed by atoms with E-state index < -0.39 is 14.9 Å². The summed E-state index contributed by atoms with van der Waals surface area (Å²) in [6.07, 6.45) is 0.490. The van der Waals surface area contributed by atoms with Crippen LogP contribution in [-0.2, 0) is 10.0 Å². The predicted octanol–water partition coefficient (Wildman–Crippen LogP) is 4.27. The fourth-order valence-corrected chi connectivity index (χ4v) is 5.09. The number of fused-ring (bicyclic) bond motifs is 2. The molecule has 11 nitrogen and oxygen atoms in total. The molecule has 0 saturated heterocycles. The quantitative estimate of drug-likeness (QED) is 0.278. The van der Waals surface area contributed by atoms with Gasteiger partial charge in [-0.05, 0) is 80.7 Å². The maximum atomic E-state index is 12.9. The van der Waals surface area contributed by atoms with Crippen molar-refractivity contribution in [1.29, 1.82) is 0 Å². The molecule has 0 spiro atoms. The average molecular weight is 526 g/mol. The molecule has 1 aliphatic rings. The second-order valence-electron chi connectivity index (χ2n) is 8.82. The van der Waals surface area contributed by atoms with Crippen LogP contribution in [0.15, 0.2) is 54.6 Å². The highest BCUT2D eigenvalue weighted by Crippen LogP contribution is 2.38. The molecule has 194 valence electrons. The molecule has 1 heterocycles. The Labute approximate surface area is 214 Å². The lowest BCUT2D eigenvalue weighted by Gasteiger charge is -2.14. The standard InChI is InChI=1S/C25H27N5O6S/c1-29(2)11-4-12-37(34,35)28-18-7-9-20-22(15-18)27-25(31)19-8-5-16(13-21(19)26-20)17-6-10-23(30(32)33)24(14-17)36-3/h5-10,13-15,26,28H,4,11-12H2,1-3H3,(H,27,31). The first kappa shape index (κ1) is 25.9. The number of sulfonamides is 1. The molecule has 0 atom stereocenters. The summed E-state index contributed by atoms with van der Waals surface area (Å²) < 4.78 is 32.7. The third kappa shape index (κ3) is 5.98. The molecule has 37 heavy (non-hydrogen) atoms. The zero-order valence-corrected chi connectivity index (χ0v) is 21.4. The molecule has 3 aromatic carbocycles. The van der Waals surface area contributed by atoms with E-state index in [1.165, 1.54) is 13.2 Å². The molecule has 0 bridgehead atoms. The molecule has 0 radical (unpaired) electrons. The number of hydrogen-bond donors (Lipinski definition) is 3. The van der Waals surface area contributed by atoms with Crippen LogP contribution in [0.2, 0.25) is 0 Å². The normalized spacial score (nSPS) is 12.6. The van der Waals surface area contributed by atoms with E-state index in [9.17, 15) is 23.3 Å². The second-order valence-corrected chi connectivity index (χ2v) is 10.7. The van der Waals surface area contributed by atoms with Crippen LogP contribution < -0.4 is 20.1 Å². The summed E-state index contributed by atoms with van der Waals surface area (Å²) in [7, 11) is 1.58. The molecule has 1 amide bonds. The molecular weight excluding hydrogens is 498 g/mol. The van der Waals surface area contributed by atoms with E-state index in [-0.39, 0.29) is 23.1 Å². The minimum absolute atomic E-state index is 0.0193. The van der Waals surface area contributed by atoms with Crippen LogP contribution in [0.1, 0.15) is 16.8 Å². The van der Waals surface area contributed by atoms with Gasteiger partial charge >= 0.3 is 5.69 Å². The van der Waals surface area contributed by atoms with Crippen molar-refractivity contribution in [2.75, 3.05) is 48.9 Å². The van der Waals surface area contributed by atoms with Crippen LogP contribution in [0.25, 0.3) is 11.1 Å². The topological polar surface area (TPSA) is 143 Å². The van der Waals surface area contributed by atoms with Gasteiger partial charge in [-0.25, -0.2) is 8.42 Å². The Bertz CT molecular complexity index is 1470. The van der Waals surface area contributed by atoms with Gasteiger partial charge in [-0.15, -0.1) is 0 Å². The minimum atomic E-state index is -3.55. The van der Waals surface area contributed by atoms with E-state index in [0.29, 0.717) is 46.8 Å². The SMILES string of the molecule is COc1cc(-c2ccc3c(c2)Nc2ccc(NS(=O)(=O)CCCN(C)C)cc2NC3=O)ccc1[N+](=O)[O-]. The molecule has 0 aromatic heterocycles. The number of nitro benzene ring substituents is 1. The summed E-state index contributed by atoms with van der Waals surface area (Å²) in [5.74, 6) is -0.251. The number of nitrogens with zero attached hydrogens (tertiary/aromatic N) is 2. The first-order valence-electron chi connectivity index (χ1n) is 11.4. The minimum Gasteiger partial charge on any atom is -0.490 e. The van der Waals surface area contributed by atoms with Crippen LogP contribution in [0.4, 0.5) is 28.4 Å². The van der Waals surface area contributed by atoms with Crippen LogP contribution in [0.5, 0.6) is 5.75 Å². The number of hydrogen-bond acceptors (Lipinski definition) is 8. The zero-order valence-electron chi connectivity index (χ0n) is 20.6. The summed E-state index contributed by atoms with van der Waals surface area (Å²) in [4.78, 5) is 25.6. The number of carbonyl (C=O) groups is 1. The maximum absolute atomic E-state index is 12.9. The molecule has 4 rings (SSSR count). The lowest BCUT2D eigenvalue weighted by Crippen LogP contribution is -2.21. The number of nitro groups is 1. The Kier molecular flexibility index (Phi) is 7.32. The number of benzene rings is 3. The predicted molar refractivity (Wildman–Crippen MR) is 143 cm³/mol. The maximum Gasteiger partial charge on any atom is 0.310 e. The Balaban J connectivity index is 1.60. The summed E-state index contributed by atoms with van der Waals surface area (Å²) in [6, 6.07) is 14.6. The number of anilines is 4. The van der Waals surface area contributed by atoms with Gasteiger partial charge in [0.1, 0.15) is 0 Å². The fourth-order valence-electron chi connectivity index (χ4n) is 3.99. The zero-order chi connectivity index (χ0) is 26.7. The summed E-state index contributed by atoms with van der Waals surface area (Å²) in [5, 5.41) is 17.3. The van der Waals surface area contributed by atoms with E-state index in [1.807, 2.05) is 19.0 Å². The molecule has 0 saturated carbocycles. The Morgan fingerprint density at radius 3 is 2.41 bits per heavy atom. The third-order valence-electron chi connectivity index (χ3n) is 5.80. The molecule has 0 fully saturated rings. The number of rotatable bonds is 9. The summed E-state index contributed by atoms with van der Waals surface area (Å²) in [6.45, 7) is 0.651. The van der Waals surface area contributed by atoms with Crippen molar-refractivity contribution < 1.29 is 22.9 Å². The molecule has 1 aliphatic heterocycles. The van der Waals surface area contributed by atoms with Gasteiger partial charge in [0.15, 0.2) is 5.75 Å². The van der Waals surface area contributed by atoms with Gasteiger partial charge in [0.25, 0.3) is 5.91 Å². The molecule has 0 unspecified atom stereocenters. The van der Waals surface area contributed by atoms with Crippen molar-refractivity contribution >= 4 is 44.4 Å². The van der Waals surface area contributed by atoms with Crippen molar-refractivity contribution in [2.45, 2.75) is 6.42 Å². The van der Waals surface area contributed by atoms with Crippen LogP contribution in [0.3, 0.4) is 0 Å². The summed E-state index contributed by atoms with van der Waals surface area (Å²) in [5.41, 5.74) is 3.53. The Hall–Kier alpha value is -4.16. The van der Waals surface area contributed by atoms with Gasteiger partial charge in [0, 0.05) is 6.07 Å². The van der Waals surface area contributed by atoms with Gasteiger partial charge < -0.3 is 20.3 Å². The Morgan fingerprint density at radius 1 is 0.973 bits per heavy atom. The average Bonchev–Trinajstić information content (AvgIpc) is 2.97. The lowest BCUT2D eigenvalue weighted by molar-refractivity contribution is -0.385. The van der Waals surface area contributed by atoms with Gasteiger partial charge in [-0.1, -0.05) is 6.07 Å². The second kappa shape index (κ2) is 10.4. The molecule has 0 aliphatic carbocycles. The number of nitrogens with one attached hydrogen (secondary N) is 3. The summed E-state index contributed by atoms with van der Waals surface area (Å²) >= 11 is 0. The van der Waals surface area contributed by atoms with E-state index in [4.69, 9.17) is 4.74 Å². The van der Waals surface area contributed by atoms with Crippen LogP contribution in [-0.4, -0.2) is 57.7 Å². The monoisotopic (exact) mass is 525 g/mol. The van der Waals surface area contributed by atoms with Crippen molar-refractivity contribution in [3.8, 4) is 16.9 Å². The van der Waals surface area contributed by atoms with Gasteiger partial charge in [-0.3, -0.25) is 19.6 Å². The van der Waals surface area contributed by atoms with Gasteiger partial charge in [-0.2, -0.15) is 0 Å². The first-order chi connectivity index (χ1) is 17.6. The smallest absolute Gasteiger partial charge is 0.310 e. The van der Waals surface area contributed by atoms with Crippen molar-refractivity contribution in [1.82, 2.24) is 4.90 Å². The number of ether oxygens (including phenoxy) is 1. The highest BCUT2D eigenvalue weighted by molar-refractivity contribution is 7.92. The highest BCUT2D eigenvalue weighted by atomic mass is 32.2. The largest absolute Gasteiger partial charge is 0.490 e. The van der Waals surface area contributed by atoms with Crippen LogP contribution in [0, 0.1) is 10.1 Å². The van der Waals surface area contributed by atoms with E-state index in [0.717, 1.165) is 5.56 Å². The number of amides is 1. The lowest BCUT2D eigenvalue weighted by atomic mass is 10.0. The first-order valence-corrected chi connectivity index (χ1v) is 13.1. The third-order valence-corrected chi connectivity index (χ3v) is 7.18. The fraction of sp³-hybridized carbons (Fsp3) is 0.240. The van der Waals surface area contributed by atoms with Crippen molar-refractivity contribution in [2.24, 2.45) is 0 Å². The van der Waals surface area contributed by atoms with Crippen molar-refractivity contribution in [3.05, 3.63) is 70.3 Å².